The summed E-state index contributed by atoms with van der Waals surface area (Å²) in [5.41, 5.74) is 0.863. The molecule has 130 valence electrons. The highest BCUT2D eigenvalue weighted by molar-refractivity contribution is 5.55. The fraction of sp³-hybridized carbons (Fsp3) is 0.588. The van der Waals surface area contributed by atoms with Gasteiger partial charge in [0.2, 0.25) is 11.7 Å². The van der Waals surface area contributed by atoms with Crippen molar-refractivity contribution in [3.63, 3.8) is 0 Å². The van der Waals surface area contributed by atoms with Gasteiger partial charge in [0.15, 0.2) is 0 Å². The van der Waals surface area contributed by atoms with Gasteiger partial charge in [0, 0.05) is 25.4 Å². The summed E-state index contributed by atoms with van der Waals surface area (Å²) in [6, 6.07) is 4.13. The molecule has 0 aliphatic carbocycles. The zero-order valence-corrected chi connectivity index (χ0v) is 14.4. The molecule has 3 heterocycles. The number of ether oxygens (including phenoxy) is 1. The minimum absolute atomic E-state index is 0.258. The van der Waals surface area contributed by atoms with E-state index in [0.29, 0.717) is 12.4 Å². The van der Waals surface area contributed by atoms with E-state index in [9.17, 15) is 0 Å². The van der Waals surface area contributed by atoms with Crippen LogP contribution < -0.4 is 5.32 Å². The second-order valence-electron chi connectivity index (χ2n) is 6.00. The third-order valence-electron chi connectivity index (χ3n) is 4.24. The normalized spacial score (nSPS) is 18.2. The number of anilines is 1. The first-order chi connectivity index (χ1) is 11.8. The zero-order valence-electron chi connectivity index (χ0n) is 14.4. The highest BCUT2D eigenvalue weighted by atomic mass is 16.5. The molecule has 0 saturated carbocycles. The smallest absolute Gasteiger partial charge is 0.244 e. The Labute approximate surface area is 142 Å². The Bertz CT molecular complexity index is 628. The second kappa shape index (κ2) is 8.21. The molecule has 2 aromatic rings. The Morgan fingerprint density at radius 3 is 3.08 bits per heavy atom. The Kier molecular flexibility index (Phi) is 5.77. The molecule has 24 heavy (non-hydrogen) atoms. The summed E-state index contributed by atoms with van der Waals surface area (Å²) < 4.78 is 10.5. The van der Waals surface area contributed by atoms with Crippen LogP contribution in [0.3, 0.4) is 0 Å². The fourth-order valence-corrected chi connectivity index (χ4v) is 3.06. The first-order valence-electron chi connectivity index (χ1n) is 8.58. The van der Waals surface area contributed by atoms with Gasteiger partial charge in [-0.1, -0.05) is 12.1 Å². The largest absolute Gasteiger partial charge is 0.383 e. The van der Waals surface area contributed by atoms with Crippen molar-refractivity contribution in [2.45, 2.75) is 32.2 Å². The lowest BCUT2D eigenvalue weighted by Gasteiger charge is -2.20. The molecule has 1 atom stereocenters. The lowest BCUT2D eigenvalue weighted by Crippen LogP contribution is -2.24. The van der Waals surface area contributed by atoms with Crippen molar-refractivity contribution in [2.75, 3.05) is 38.7 Å². The summed E-state index contributed by atoms with van der Waals surface area (Å²) in [6.45, 7) is 5.76. The number of methoxy groups -OCH3 is 1. The second-order valence-corrected chi connectivity index (χ2v) is 6.00. The van der Waals surface area contributed by atoms with Crippen molar-refractivity contribution < 1.29 is 9.26 Å². The maximum absolute atomic E-state index is 5.53. The standard InChI is InChI=1S/C17H25N5O2/c1-3-9-22-10-4-5-14(22)17-20-16(21-24-17)13-6-7-15(19-12-13)18-8-11-23-2/h6-7,12,14H,3-5,8-11H2,1-2H3,(H,18,19). The summed E-state index contributed by atoms with van der Waals surface area (Å²) in [6.07, 6.45) is 5.18. The minimum Gasteiger partial charge on any atom is -0.383 e. The van der Waals surface area contributed by atoms with Crippen LogP contribution in [0, 0.1) is 0 Å². The Morgan fingerprint density at radius 2 is 2.33 bits per heavy atom. The molecule has 0 radical (unpaired) electrons. The van der Waals surface area contributed by atoms with E-state index in [1.54, 1.807) is 13.3 Å². The van der Waals surface area contributed by atoms with Gasteiger partial charge in [-0.15, -0.1) is 0 Å². The first kappa shape index (κ1) is 16.9. The predicted molar refractivity (Wildman–Crippen MR) is 91.7 cm³/mol. The number of pyridine rings is 1. The quantitative estimate of drug-likeness (QED) is 0.745. The van der Waals surface area contributed by atoms with Gasteiger partial charge < -0.3 is 14.6 Å². The molecule has 0 amide bonds. The molecule has 0 aromatic carbocycles. The Balaban J connectivity index is 1.66. The molecule has 1 aliphatic heterocycles. The fourth-order valence-electron chi connectivity index (χ4n) is 3.06. The van der Waals surface area contributed by atoms with E-state index in [-0.39, 0.29) is 6.04 Å². The minimum atomic E-state index is 0.258. The molecule has 0 bridgehead atoms. The molecule has 7 nitrogen and oxygen atoms in total. The van der Waals surface area contributed by atoms with Crippen LogP contribution in [0.4, 0.5) is 5.82 Å². The van der Waals surface area contributed by atoms with E-state index in [1.807, 2.05) is 12.1 Å². The monoisotopic (exact) mass is 331 g/mol. The molecular weight excluding hydrogens is 306 g/mol. The van der Waals surface area contributed by atoms with Crippen molar-refractivity contribution in [1.82, 2.24) is 20.0 Å². The highest BCUT2D eigenvalue weighted by Gasteiger charge is 2.30. The van der Waals surface area contributed by atoms with Crippen LogP contribution in [0.2, 0.25) is 0 Å². The number of aromatic nitrogens is 3. The maximum Gasteiger partial charge on any atom is 0.244 e. The first-order valence-corrected chi connectivity index (χ1v) is 8.58. The van der Waals surface area contributed by atoms with Crippen LogP contribution in [0.25, 0.3) is 11.4 Å². The molecule has 3 rings (SSSR count). The predicted octanol–water partition coefficient (Wildman–Crippen LogP) is 2.74. The van der Waals surface area contributed by atoms with Crippen LogP contribution in [0.5, 0.6) is 0 Å². The summed E-state index contributed by atoms with van der Waals surface area (Å²) in [4.78, 5) is 11.4. The van der Waals surface area contributed by atoms with Gasteiger partial charge in [0.1, 0.15) is 5.82 Å². The molecule has 1 fully saturated rings. The van der Waals surface area contributed by atoms with Gasteiger partial charge in [-0.05, 0) is 44.5 Å². The molecule has 2 aromatic heterocycles. The van der Waals surface area contributed by atoms with Gasteiger partial charge >= 0.3 is 0 Å². The van der Waals surface area contributed by atoms with E-state index in [1.165, 1.54) is 6.42 Å². The van der Waals surface area contributed by atoms with Gasteiger partial charge in [-0.3, -0.25) is 4.90 Å². The lowest BCUT2D eigenvalue weighted by atomic mass is 10.2. The Hall–Kier alpha value is -1.99. The van der Waals surface area contributed by atoms with Crippen LogP contribution in [-0.2, 0) is 4.74 Å². The number of nitrogens with zero attached hydrogens (tertiary/aromatic N) is 4. The third kappa shape index (κ3) is 3.91. The summed E-state index contributed by atoms with van der Waals surface area (Å²) in [5, 5.41) is 7.32. The van der Waals surface area contributed by atoms with E-state index in [4.69, 9.17) is 9.26 Å². The van der Waals surface area contributed by atoms with Crippen molar-refractivity contribution in [2.24, 2.45) is 0 Å². The molecule has 1 aliphatic rings. The van der Waals surface area contributed by atoms with E-state index < -0.39 is 0 Å². The summed E-state index contributed by atoms with van der Waals surface area (Å²) in [5.74, 6) is 2.13. The SMILES string of the molecule is CCCN1CCCC1c1nc(-c2ccc(NCCOC)nc2)no1. The topological polar surface area (TPSA) is 76.3 Å². The van der Waals surface area contributed by atoms with Crippen LogP contribution in [0.1, 0.15) is 38.1 Å². The number of likely N-dealkylation sites (tertiary alicyclic amines) is 1. The molecule has 1 saturated heterocycles. The number of rotatable bonds is 8. The van der Waals surface area contributed by atoms with Crippen LogP contribution in [0.15, 0.2) is 22.9 Å². The molecule has 7 heteroatoms. The molecule has 1 unspecified atom stereocenters. The van der Waals surface area contributed by atoms with Crippen LogP contribution >= 0.6 is 0 Å². The van der Waals surface area contributed by atoms with E-state index in [2.05, 4.69) is 32.3 Å². The lowest BCUT2D eigenvalue weighted by molar-refractivity contribution is 0.208. The van der Waals surface area contributed by atoms with Crippen LogP contribution in [-0.4, -0.2) is 53.4 Å². The Morgan fingerprint density at radius 1 is 1.42 bits per heavy atom. The van der Waals surface area contributed by atoms with Crippen molar-refractivity contribution in [1.29, 1.82) is 0 Å². The van der Waals surface area contributed by atoms with E-state index >= 15 is 0 Å². The summed E-state index contributed by atoms with van der Waals surface area (Å²) >= 11 is 0. The van der Waals surface area contributed by atoms with Crippen molar-refractivity contribution >= 4 is 5.82 Å². The summed E-state index contributed by atoms with van der Waals surface area (Å²) in [7, 11) is 1.68. The molecule has 1 N–H and O–H groups in total. The average molecular weight is 331 g/mol. The average Bonchev–Trinajstić information content (AvgIpc) is 3.25. The number of hydrogen-bond acceptors (Lipinski definition) is 7. The van der Waals surface area contributed by atoms with Gasteiger partial charge in [-0.2, -0.15) is 4.98 Å². The van der Waals surface area contributed by atoms with Gasteiger partial charge in [0.05, 0.1) is 12.6 Å². The molecule has 0 spiro atoms. The highest BCUT2D eigenvalue weighted by Crippen LogP contribution is 2.31. The third-order valence-corrected chi connectivity index (χ3v) is 4.24. The van der Waals surface area contributed by atoms with E-state index in [0.717, 1.165) is 49.7 Å². The molecular formula is C17H25N5O2. The van der Waals surface area contributed by atoms with Gasteiger partial charge in [0.25, 0.3) is 0 Å². The van der Waals surface area contributed by atoms with Gasteiger partial charge in [-0.25, -0.2) is 4.98 Å². The number of hydrogen-bond donors (Lipinski definition) is 1. The zero-order chi connectivity index (χ0) is 16.8. The maximum atomic E-state index is 5.53. The number of nitrogens with one attached hydrogen (secondary N) is 1. The van der Waals surface area contributed by atoms with Crippen molar-refractivity contribution in [3.05, 3.63) is 24.2 Å². The van der Waals surface area contributed by atoms with Crippen molar-refractivity contribution in [3.8, 4) is 11.4 Å².